The number of tetrazole rings is 1. The molecule has 0 bridgehead atoms. The lowest BCUT2D eigenvalue weighted by atomic mass is 10.2. The van der Waals surface area contributed by atoms with Gasteiger partial charge in [0.15, 0.2) is 12.4 Å². The molecule has 174 valence electrons. The van der Waals surface area contributed by atoms with E-state index < -0.39 is 11.7 Å². The van der Waals surface area contributed by atoms with Crippen LogP contribution >= 0.6 is 0 Å². The number of amides is 1. The van der Waals surface area contributed by atoms with Gasteiger partial charge in [-0.2, -0.15) is 17.9 Å². The summed E-state index contributed by atoms with van der Waals surface area (Å²) in [6.45, 7) is 4.44. The number of aromatic nitrogens is 4. The Morgan fingerprint density at radius 1 is 1.06 bits per heavy atom. The maximum absolute atomic E-state index is 12.8. The molecule has 0 radical (unpaired) electrons. The zero-order valence-corrected chi connectivity index (χ0v) is 18.0. The number of hydrogen-bond acceptors (Lipinski definition) is 6. The Morgan fingerprint density at radius 3 is 2.48 bits per heavy atom. The Labute approximate surface area is 188 Å². The normalized spacial score (nSPS) is 15.0. The molecule has 0 saturated carbocycles. The van der Waals surface area contributed by atoms with Crippen LogP contribution in [0.25, 0.3) is 5.69 Å². The minimum Gasteiger partial charge on any atom is -0.484 e. The molecule has 1 saturated heterocycles. The van der Waals surface area contributed by atoms with E-state index in [4.69, 9.17) is 4.74 Å². The molecular formula is C22H23F3N6O2. The highest BCUT2D eigenvalue weighted by Crippen LogP contribution is 2.31. The standard InChI is InChI=1S/C22H23F3N6O2/c1-16-5-7-18(8-6-16)31-20(26-27-28-31)14-29-9-11-30(12-10-29)21(32)15-33-19-4-2-3-17(13-19)22(23,24)25/h2-8,13H,9-12,14-15H2,1H3. The van der Waals surface area contributed by atoms with Crippen molar-refractivity contribution in [3.05, 3.63) is 65.5 Å². The number of hydrogen-bond donors (Lipinski definition) is 0. The van der Waals surface area contributed by atoms with E-state index in [1.54, 1.807) is 9.58 Å². The molecular weight excluding hydrogens is 437 g/mol. The third kappa shape index (κ3) is 5.67. The summed E-state index contributed by atoms with van der Waals surface area (Å²) >= 11 is 0. The molecule has 1 fully saturated rings. The Hall–Kier alpha value is -3.47. The molecule has 0 unspecified atom stereocenters. The summed E-state index contributed by atoms with van der Waals surface area (Å²) in [6.07, 6.45) is -4.46. The molecule has 11 heteroatoms. The maximum Gasteiger partial charge on any atom is 0.416 e. The zero-order valence-electron chi connectivity index (χ0n) is 18.0. The fourth-order valence-electron chi connectivity index (χ4n) is 3.54. The van der Waals surface area contributed by atoms with Gasteiger partial charge in [-0.05, 0) is 47.7 Å². The highest BCUT2D eigenvalue weighted by atomic mass is 19.4. The summed E-state index contributed by atoms with van der Waals surface area (Å²) in [6, 6.07) is 12.4. The first-order valence-corrected chi connectivity index (χ1v) is 10.4. The average Bonchev–Trinajstić information content (AvgIpc) is 3.26. The molecule has 2 heterocycles. The summed E-state index contributed by atoms with van der Waals surface area (Å²) in [5, 5.41) is 12.0. The first kappa shape index (κ1) is 22.7. The second kappa shape index (κ2) is 9.57. The fraction of sp³-hybridized carbons (Fsp3) is 0.364. The van der Waals surface area contributed by atoms with Gasteiger partial charge < -0.3 is 9.64 Å². The van der Waals surface area contributed by atoms with Crippen LogP contribution in [0, 0.1) is 6.92 Å². The third-order valence-electron chi connectivity index (χ3n) is 5.43. The Morgan fingerprint density at radius 2 is 1.79 bits per heavy atom. The highest BCUT2D eigenvalue weighted by molar-refractivity contribution is 5.77. The minimum absolute atomic E-state index is 0.0137. The number of rotatable bonds is 6. The van der Waals surface area contributed by atoms with Crippen LogP contribution in [0.1, 0.15) is 17.0 Å². The van der Waals surface area contributed by atoms with E-state index >= 15 is 0 Å². The van der Waals surface area contributed by atoms with Crippen LogP contribution in [0.3, 0.4) is 0 Å². The molecule has 8 nitrogen and oxygen atoms in total. The molecule has 1 aliphatic heterocycles. The summed E-state index contributed by atoms with van der Waals surface area (Å²) in [5.41, 5.74) is 1.21. The molecule has 33 heavy (non-hydrogen) atoms. The van der Waals surface area contributed by atoms with Crippen LogP contribution in [0.2, 0.25) is 0 Å². The van der Waals surface area contributed by atoms with Crippen LogP contribution in [0.5, 0.6) is 5.75 Å². The quantitative estimate of drug-likeness (QED) is 0.563. The van der Waals surface area contributed by atoms with Gasteiger partial charge in [0.05, 0.1) is 17.8 Å². The summed E-state index contributed by atoms with van der Waals surface area (Å²) < 4.78 is 45.5. The van der Waals surface area contributed by atoms with Gasteiger partial charge in [-0.3, -0.25) is 9.69 Å². The number of ether oxygens (including phenoxy) is 1. The van der Waals surface area contributed by atoms with Gasteiger partial charge in [-0.25, -0.2) is 0 Å². The van der Waals surface area contributed by atoms with Crippen molar-refractivity contribution in [2.45, 2.75) is 19.6 Å². The lowest BCUT2D eigenvalue weighted by Crippen LogP contribution is -2.49. The van der Waals surface area contributed by atoms with Crippen molar-refractivity contribution in [2.75, 3.05) is 32.8 Å². The smallest absolute Gasteiger partial charge is 0.416 e. The number of aryl methyl sites for hydroxylation is 1. The molecule has 1 aliphatic rings. The van der Waals surface area contributed by atoms with Crippen molar-refractivity contribution in [2.24, 2.45) is 0 Å². The van der Waals surface area contributed by atoms with E-state index in [2.05, 4.69) is 20.4 Å². The lowest BCUT2D eigenvalue weighted by Gasteiger charge is -2.34. The summed E-state index contributed by atoms with van der Waals surface area (Å²) in [7, 11) is 0. The largest absolute Gasteiger partial charge is 0.484 e. The highest BCUT2D eigenvalue weighted by Gasteiger charge is 2.30. The Balaban J connectivity index is 1.28. The van der Waals surface area contributed by atoms with Crippen molar-refractivity contribution in [3.8, 4) is 11.4 Å². The predicted octanol–water partition coefficient (Wildman–Crippen LogP) is 2.71. The van der Waals surface area contributed by atoms with Gasteiger partial charge in [0, 0.05) is 26.2 Å². The number of halogens is 3. The van der Waals surface area contributed by atoms with Gasteiger partial charge in [0.2, 0.25) is 0 Å². The van der Waals surface area contributed by atoms with Crippen molar-refractivity contribution in [1.29, 1.82) is 0 Å². The molecule has 1 aromatic heterocycles. The second-order valence-electron chi connectivity index (χ2n) is 7.81. The molecule has 0 N–H and O–H groups in total. The van der Waals surface area contributed by atoms with Gasteiger partial charge in [-0.15, -0.1) is 5.10 Å². The molecule has 3 aromatic rings. The van der Waals surface area contributed by atoms with Crippen molar-refractivity contribution >= 4 is 5.91 Å². The van der Waals surface area contributed by atoms with E-state index in [9.17, 15) is 18.0 Å². The van der Waals surface area contributed by atoms with Gasteiger partial charge in [0.1, 0.15) is 5.75 Å². The summed E-state index contributed by atoms with van der Waals surface area (Å²) in [4.78, 5) is 16.3. The van der Waals surface area contributed by atoms with Crippen LogP contribution in [-0.2, 0) is 17.5 Å². The Kier molecular flexibility index (Phi) is 6.59. The predicted molar refractivity (Wildman–Crippen MR) is 113 cm³/mol. The third-order valence-corrected chi connectivity index (χ3v) is 5.43. The van der Waals surface area contributed by atoms with E-state index in [1.807, 2.05) is 31.2 Å². The van der Waals surface area contributed by atoms with Crippen molar-refractivity contribution in [1.82, 2.24) is 30.0 Å². The summed E-state index contributed by atoms with van der Waals surface area (Å²) in [5.74, 6) is 0.447. The van der Waals surface area contributed by atoms with Crippen LogP contribution < -0.4 is 4.74 Å². The number of benzene rings is 2. The fourth-order valence-corrected chi connectivity index (χ4v) is 3.54. The topological polar surface area (TPSA) is 76.4 Å². The van der Waals surface area contributed by atoms with Gasteiger partial charge >= 0.3 is 6.18 Å². The van der Waals surface area contributed by atoms with Crippen LogP contribution in [-0.4, -0.2) is 68.7 Å². The number of carbonyl (C=O) groups is 1. The van der Waals surface area contributed by atoms with Crippen molar-refractivity contribution in [3.63, 3.8) is 0 Å². The van der Waals surface area contributed by atoms with E-state index in [1.165, 1.54) is 12.1 Å². The maximum atomic E-state index is 12.8. The number of alkyl halides is 3. The molecule has 0 atom stereocenters. The van der Waals surface area contributed by atoms with Gasteiger partial charge in [0.25, 0.3) is 5.91 Å². The number of carbonyl (C=O) groups excluding carboxylic acids is 1. The average molecular weight is 460 g/mol. The molecule has 2 aromatic carbocycles. The molecule has 1 amide bonds. The monoisotopic (exact) mass is 460 g/mol. The SMILES string of the molecule is Cc1ccc(-n2nnnc2CN2CCN(C(=O)COc3cccc(C(F)(F)F)c3)CC2)cc1. The number of piperazine rings is 1. The van der Waals surface area contributed by atoms with E-state index in [0.717, 1.165) is 23.4 Å². The minimum atomic E-state index is -4.46. The van der Waals surface area contributed by atoms with E-state index in [-0.39, 0.29) is 18.3 Å². The first-order valence-electron chi connectivity index (χ1n) is 10.4. The van der Waals surface area contributed by atoms with Crippen LogP contribution in [0.4, 0.5) is 13.2 Å². The van der Waals surface area contributed by atoms with Gasteiger partial charge in [-0.1, -0.05) is 23.8 Å². The van der Waals surface area contributed by atoms with E-state index in [0.29, 0.717) is 38.5 Å². The van der Waals surface area contributed by atoms with Crippen LogP contribution in [0.15, 0.2) is 48.5 Å². The number of nitrogens with zero attached hydrogens (tertiary/aromatic N) is 6. The van der Waals surface area contributed by atoms with Crippen molar-refractivity contribution < 1.29 is 22.7 Å². The zero-order chi connectivity index (χ0) is 23.4. The Bertz CT molecular complexity index is 1090. The molecule has 4 rings (SSSR count). The second-order valence-corrected chi connectivity index (χ2v) is 7.81. The molecule has 0 aliphatic carbocycles. The lowest BCUT2D eigenvalue weighted by molar-refractivity contribution is -0.137. The molecule has 0 spiro atoms. The first-order chi connectivity index (χ1) is 15.8.